The number of rotatable bonds is 1. The highest BCUT2D eigenvalue weighted by Gasteiger charge is 2.24. The Labute approximate surface area is 117 Å². The van der Waals surface area contributed by atoms with Crippen molar-refractivity contribution in [3.8, 4) is 0 Å². The number of fused-ring (bicyclic) bond motifs is 3. The first-order chi connectivity index (χ1) is 8.56. The molecule has 1 aromatic heterocycles. The van der Waals surface area contributed by atoms with E-state index in [1.54, 1.807) is 6.07 Å². The van der Waals surface area contributed by atoms with Gasteiger partial charge in [0.25, 0.3) is 0 Å². The van der Waals surface area contributed by atoms with Crippen LogP contribution in [0.1, 0.15) is 17.7 Å². The number of hydrogen-bond donors (Lipinski definition) is 1. The van der Waals surface area contributed by atoms with E-state index in [-0.39, 0.29) is 0 Å². The third kappa shape index (κ3) is 1.93. The van der Waals surface area contributed by atoms with Gasteiger partial charge < -0.3 is 9.88 Å². The molecule has 1 aromatic carbocycles. The lowest BCUT2D eigenvalue weighted by molar-refractivity contribution is 0.268. The lowest BCUT2D eigenvalue weighted by Crippen LogP contribution is -2.33. The van der Waals surface area contributed by atoms with Crippen molar-refractivity contribution in [1.82, 2.24) is 9.88 Å². The van der Waals surface area contributed by atoms with Gasteiger partial charge in [0.2, 0.25) is 0 Å². The largest absolute Gasteiger partial charge is 0.357 e. The van der Waals surface area contributed by atoms with Crippen molar-refractivity contribution < 1.29 is 0 Å². The van der Waals surface area contributed by atoms with Gasteiger partial charge in [0.05, 0.1) is 10.5 Å². The standard InChI is InChI=1S/C14H16Cl2N2/c1-18(2)9-3-4-13-10(7-9)11-5-8(15)6-12(16)14(11)17-13/h5-6,9,17H,3-4,7H2,1-2H3/t9-/m1/s1. The van der Waals surface area contributed by atoms with Crippen LogP contribution in [-0.2, 0) is 12.8 Å². The predicted octanol–water partition coefficient (Wildman–Crippen LogP) is 3.89. The molecular weight excluding hydrogens is 267 g/mol. The van der Waals surface area contributed by atoms with Crippen molar-refractivity contribution >= 4 is 34.1 Å². The van der Waals surface area contributed by atoms with Crippen LogP contribution in [0.3, 0.4) is 0 Å². The summed E-state index contributed by atoms with van der Waals surface area (Å²) in [6.07, 6.45) is 3.35. The second-order valence-corrected chi connectivity index (χ2v) is 6.10. The fourth-order valence-corrected chi connectivity index (χ4v) is 3.40. The Bertz CT molecular complexity index is 601. The van der Waals surface area contributed by atoms with E-state index in [4.69, 9.17) is 23.2 Å². The number of aromatic nitrogens is 1. The highest BCUT2D eigenvalue weighted by atomic mass is 35.5. The maximum atomic E-state index is 6.25. The van der Waals surface area contributed by atoms with E-state index in [0.717, 1.165) is 18.4 Å². The summed E-state index contributed by atoms with van der Waals surface area (Å²) >= 11 is 12.4. The van der Waals surface area contributed by atoms with Crippen molar-refractivity contribution in [2.24, 2.45) is 0 Å². The van der Waals surface area contributed by atoms with Gasteiger partial charge in [-0.25, -0.2) is 0 Å². The summed E-state index contributed by atoms with van der Waals surface area (Å²) in [6, 6.07) is 4.43. The van der Waals surface area contributed by atoms with Crippen LogP contribution in [0, 0.1) is 0 Å². The first kappa shape index (κ1) is 12.3. The summed E-state index contributed by atoms with van der Waals surface area (Å²) in [5.74, 6) is 0. The normalized spacial score (nSPS) is 19.5. The van der Waals surface area contributed by atoms with Gasteiger partial charge in [0.15, 0.2) is 0 Å². The molecule has 0 aliphatic heterocycles. The van der Waals surface area contributed by atoms with Crippen molar-refractivity contribution in [3.63, 3.8) is 0 Å². The SMILES string of the molecule is CN(C)[C@@H]1CCc2[nH]c3c(Cl)cc(Cl)cc3c2C1. The number of nitrogens with one attached hydrogen (secondary N) is 1. The van der Waals surface area contributed by atoms with Crippen LogP contribution in [0.2, 0.25) is 10.0 Å². The second kappa shape index (κ2) is 4.44. The smallest absolute Gasteiger partial charge is 0.0662 e. The molecule has 0 spiro atoms. The quantitative estimate of drug-likeness (QED) is 0.841. The van der Waals surface area contributed by atoms with Crippen molar-refractivity contribution in [3.05, 3.63) is 33.4 Å². The molecule has 2 aromatic rings. The minimum atomic E-state index is 0.606. The number of halogens is 2. The van der Waals surface area contributed by atoms with Crippen LogP contribution >= 0.6 is 23.2 Å². The van der Waals surface area contributed by atoms with Crippen LogP contribution in [0.15, 0.2) is 12.1 Å². The monoisotopic (exact) mass is 282 g/mol. The first-order valence-electron chi connectivity index (χ1n) is 6.21. The first-order valence-corrected chi connectivity index (χ1v) is 6.96. The summed E-state index contributed by atoms with van der Waals surface area (Å²) < 4.78 is 0. The fourth-order valence-electron chi connectivity index (χ4n) is 2.86. The third-order valence-electron chi connectivity index (χ3n) is 3.92. The van der Waals surface area contributed by atoms with E-state index in [2.05, 4.69) is 24.0 Å². The molecule has 0 fully saturated rings. The van der Waals surface area contributed by atoms with Gasteiger partial charge >= 0.3 is 0 Å². The third-order valence-corrected chi connectivity index (χ3v) is 4.43. The van der Waals surface area contributed by atoms with Gasteiger partial charge in [-0.15, -0.1) is 0 Å². The van der Waals surface area contributed by atoms with Crippen molar-refractivity contribution in [2.75, 3.05) is 14.1 Å². The Balaban J connectivity index is 2.15. The lowest BCUT2D eigenvalue weighted by atomic mass is 9.91. The number of likely N-dealkylation sites (N-methyl/N-ethyl adjacent to an activating group) is 1. The molecule has 0 radical (unpaired) electrons. The van der Waals surface area contributed by atoms with E-state index < -0.39 is 0 Å². The molecule has 0 saturated heterocycles. The Hall–Kier alpha value is -0.700. The Morgan fingerprint density at radius 1 is 1.28 bits per heavy atom. The molecule has 4 heteroatoms. The van der Waals surface area contributed by atoms with Crippen LogP contribution in [-0.4, -0.2) is 30.0 Å². The molecule has 96 valence electrons. The van der Waals surface area contributed by atoms with Gasteiger partial charge in [0.1, 0.15) is 0 Å². The second-order valence-electron chi connectivity index (χ2n) is 5.25. The molecule has 1 aliphatic rings. The minimum Gasteiger partial charge on any atom is -0.357 e. The molecule has 1 N–H and O–H groups in total. The number of hydrogen-bond acceptors (Lipinski definition) is 1. The zero-order valence-corrected chi connectivity index (χ0v) is 12.1. The molecule has 18 heavy (non-hydrogen) atoms. The van der Waals surface area contributed by atoms with Crippen LogP contribution in [0.5, 0.6) is 0 Å². The Morgan fingerprint density at radius 2 is 2.06 bits per heavy atom. The molecule has 3 rings (SSSR count). The van der Waals surface area contributed by atoms with Gasteiger partial charge in [-0.05, 0) is 51.1 Å². The molecule has 0 saturated carbocycles. The van der Waals surface area contributed by atoms with E-state index in [1.165, 1.54) is 23.1 Å². The maximum Gasteiger partial charge on any atom is 0.0662 e. The number of aromatic amines is 1. The zero-order valence-electron chi connectivity index (χ0n) is 10.6. The summed E-state index contributed by atoms with van der Waals surface area (Å²) in [5, 5.41) is 2.61. The van der Waals surface area contributed by atoms with E-state index in [0.29, 0.717) is 16.1 Å². The zero-order chi connectivity index (χ0) is 12.9. The minimum absolute atomic E-state index is 0.606. The number of benzene rings is 1. The van der Waals surface area contributed by atoms with Gasteiger partial charge in [-0.3, -0.25) is 0 Å². The maximum absolute atomic E-state index is 6.25. The molecule has 2 nitrogen and oxygen atoms in total. The van der Waals surface area contributed by atoms with Gasteiger partial charge in [0, 0.05) is 22.1 Å². The van der Waals surface area contributed by atoms with Gasteiger partial charge in [-0.2, -0.15) is 0 Å². The van der Waals surface area contributed by atoms with E-state index in [1.807, 2.05) is 6.07 Å². The van der Waals surface area contributed by atoms with Crippen molar-refractivity contribution in [1.29, 1.82) is 0 Å². The number of H-pyrrole nitrogens is 1. The number of aryl methyl sites for hydroxylation is 1. The summed E-state index contributed by atoms with van der Waals surface area (Å²) in [5.41, 5.74) is 3.75. The lowest BCUT2D eigenvalue weighted by Gasteiger charge is -2.28. The van der Waals surface area contributed by atoms with Crippen LogP contribution in [0.25, 0.3) is 10.9 Å². The Kier molecular flexibility index (Phi) is 3.05. The summed E-state index contributed by atoms with van der Waals surface area (Å²) in [7, 11) is 4.29. The summed E-state index contributed by atoms with van der Waals surface area (Å²) in [4.78, 5) is 5.76. The molecule has 0 unspecified atom stereocenters. The van der Waals surface area contributed by atoms with Gasteiger partial charge in [-0.1, -0.05) is 23.2 Å². The average Bonchev–Trinajstić information content (AvgIpc) is 2.67. The van der Waals surface area contributed by atoms with E-state index >= 15 is 0 Å². The highest BCUT2D eigenvalue weighted by Crippen LogP contribution is 2.35. The summed E-state index contributed by atoms with van der Waals surface area (Å²) in [6.45, 7) is 0. The van der Waals surface area contributed by atoms with Crippen molar-refractivity contribution in [2.45, 2.75) is 25.3 Å². The fraction of sp³-hybridized carbons (Fsp3) is 0.429. The molecule has 0 amide bonds. The highest BCUT2D eigenvalue weighted by molar-refractivity contribution is 6.38. The topological polar surface area (TPSA) is 19.0 Å². The van der Waals surface area contributed by atoms with E-state index in [9.17, 15) is 0 Å². The van der Waals surface area contributed by atoms with Crippen LogP contribution in [0.4, 0.5) is 0 Å². The predicted molar refractivity (Wildman–Crippen MR) is 77.8 cm³/mol. The number of nitrogens with zero attached hydrogens (tertiary/aromatic N) is 1. The average molecular weight is 283 g/mol. The molecule has 0 bridgehead atoms. The van der Waals surface area contributed by atoms with Crippen LogP contribution < -0.4 is 0 Å². The Morgan fingerprint density at radius 3 is 2.78 bits per heavy atom. The molecular formula is C14H16Cl2N2. The molecule has 1 heterocycles. The molecule has 1 aliphatic carbocycles. The molecule has 1 atom stereocenters.